The molecule has 3 rings (SSSR count). The molecule has 188 valence electrons. The lowest BCUT2D eigenvalue weighted by molar-refractivity contribution is -0.116. The van der Waals surface area contributed by atoms with Crippen LogP contribution >= 0.6 is 0 Å². The monoisotopic (exact) mass is 499 g/mol. The van der Waals surface area contributed by atoms with Gasteiger partial charge in [0.2, 0.25) is 11.8 Å². The van der Waals surface area contributed by atoms with Crippen LogP contribution in [0, 0.1) is 13.8 Å². The number of carbonyl (C=O) groups is 1. The number of sulfonamides is 1. The molecule has 35 heavy (non-hydrogen) atoms. The number of aryl methyl sites for hydroxylation is 1. The van der Waals surface area contributed by atoms with E-state index in [-0.39, 0.29) is 28.5 Å². The van der Waals surface area contributed by atoms with Gasteiger partial charge in [0.15, 0.2) is 0 Å². The molecule has 0 atom stereocenters. The van der Waals surface area contributed by atoms with Gasteiger partial charge in [-0.2, -0.15) is 0 Å². The summed E-state index contributed by atoms with van der Waals surface area (Å²) in [5.74, 6) is 0.695. The van der Waals surface area contributed by atoms with Crippen LogP contribution in [-0.2, 0) is 20.2 Å². The fourth-order valence-electron chi connectivity index (χ4n) is 3.26. The van der Waals surface area contributed by atoms with Gasteiger partial charge in [-0.15, -0.1) is 0 Å². The highest BCUT2D eigenvalue weighted by atomic mass is 32.2. The first kappa shape index (κ1) is 26.3. The van der Waals surface area contributed by atoms with E-state index in [2.05, 4.69) is 48.1 Å². The summed E-state index contributed by atoms with van der Waals surface area (Å²) in [7, 11) is -3.84. The van der Waals surface area contributed by atoms with Crippen molar-refractivity contribution in [2.45, 2.75) is 64.2 Å². The Bertz CT molecular complexity index is 1250. The fraction of sp³-hybridized carbons (Fsp3) is 0.385. The van der Waals surface area contributed by atoms with Gasteiger partial charge >= 0.3 is 0 Å². The van der Waals surface area contributed by atoms with E-state index in [1.165, 1.54) is 17.7 Å². The van der Waals surface area contributed by atoms with Crippen LogP contribution in [0.3, 0.4) is 0 Å². The summed E-state index contributed by atoms with van der Waals surface area (Å²) in [6, 6.07) is 14.0. The van der Waals surface area contributed by atoms with E-state index in [0.29, 0.717) is 30.0 Å². The number of hydrogen-bond donors (Lipinski definition) is 2. The zero-order valence-corrected chi connectivity index (χ0v) is 21.7. The van der Waals surface area contributed by atoms with Crippen molar-refractivity contribution < 1.29 is 22.5 Å². The summed E-state index contributed by atoms with van der Waals surface area (Å²) in [5.41, 5.74) is 3.14. The molecule has 0 bridgehead atoms. The number of benzene rings is 2. The van der Waals surface area contributed by atoms with E-state index in [9.17, 15) is 13.2 Å². The molecule has 0 aliphatic carbocycles. The second-order valence-electron chi connectivity index (χ2n) is 9.11. The quantitative estimate of drug-likeness (QED) is 0.333. The second-order valence-corrected chi connectivity index (χ2v) is 10.8. The van der Waals surface area contributed by atoms with Crippen molar-refractivity contribution in [2.24, 2.45) is 0 Å². The second kappa shape index (κ2) is 10.9. The molecule has 0 aliphatic rings. The average Bonchev–Trinajstić information content (AvgIpc) is 3.14. The van der Waals surface area contributed by atoms with Crippen LogP contribution in [0.15, 0.2) is 57.9 Å². The summed E-state index contributed by atoms with van der Waals surface area (Å²) >= 11 is 0. The fourth-order valence-corrected chi connectivity index (χ4v) is 4.31. The van der Waals surface area contributed by atoms with Crippen LogP contribution in [0.1, 0.15) is 56.9 Å². The van der Waals surface area contributed by atoms with Crippen LogP contribution in [-0.4, -0.2) is 26.1 Å². The van der Waals surface area contributed by atoms with Gasteiger partial charge in [-0.1, -0.05) is 38.1 Å². The summed E-state index contributed by atoms with van der Waals surface area (Å²) in [4.78, 5) is 12.3. The van der Waals surface area contributed by atoms with Crippen molar-refractivity contribution in [1.82, 2.24) is 5.16 Å². The van der Waals surface area contributed by atoms with Crippen LogP contribution in [0.4, 0.5) is 11.6 Å². The number of ether oxygens (including phenoxy) is 1. The molecule has 0 unspecified atom stereocenters. The first-order valence-electron chi connectivity index (χ1n) is 11.6. The molecule has 0 saturated carbocycles. The minimum atomic E-state index is -3.84. The highest BCUT2D eigenvalue weighted by Gasteiger charge is 2.19. The predicted molar refractivity (Wildman–Crippen MR) is 136 cm³/mol. The Hall–Kier alpha value is -3.33. The Morgan fingerprint density at radius 1 is 1.06 bits per heavy atom. The summed E-state index contributed by atoms with van der Waals surface area (Å²) in [5, 5.41) is 6.52. The molecule has 1 amide bonds. The largest absolute Gasteiger partial charge is 0.494 e. The van der Waals surface area contributed by atoms with Crippen LogP contribution in [0.25, 0.3) is 0 Å². The molecule has 3 aromatic rings. The third-order valence-electron chi connectivity index (χ3n) is 6.17. The summed E-state index contributed by atoms with van der Waals surface area (Å²) < 4.78 is 38.3. The number of aromatic nitrogens is 1. The SMILES string of the molecule is CCC(C)(C)c1ccc(OCCCC(=O)Nc2ccc(S(=O)(=O)Nc3onc(C)c3C)cc2)cc1. The van der Waals surface area contributed by atoms with E-state index in [1.807, 2.05) is 12.1 Å². The molecule has 0 saturated heterocycles. The van der Waals surface area contributed by atoms with Crippen molar-refractivity contribution >= 4 is 27.5 Å². The van der Waals surface area contributed by atoms with Crippen molar-refractivity contribution in [2.75, 3.05) is 16.6 Å². The van der Waals surface area contributed by atoms with E-state index >= 15 is 0 Å². The molecule has 1 heterocycles. The van der Waals surface area contributed by atoms with Crippen LogP contribution in [0.2, 0.25) is 0 Å². The third kappa shape index (κ3) is 6.85. The molecule has 0 radical (unpaired) electrons. The van der Waals surface area contributed by atoms with Crippen molar-refractivity contribution in [3.05, 3.63) is 65.4 Å². The molecule has 8 nitrogen and oxygen atoms in total. The van der Waals surface area contributed by atoms with Gasteiger partial charge in [0.05, 0.1) is 17.2 Å². The normalized spacial score (nSPS) is 11.8. The third-order valence-corrected chi connectivity index (χ3v) is 7.52. The highest BCUT2D eigenvalue weighted by molar-refractivity contribution is 7.92. The Kier molecular flexibility index (Phi) is 8.22. The lowest BCUT2D eigenvalue weighted by atomic mass is 9.82. The number of anilines is 2. The van der Waals surface area contributed by atoms with Gasteiger partial charge in [-0.3, -0.25) is 4.79 Å². The summed E-state index contributed by atoms with van der Waals surface area (Å²) in [6.45, 7) is 10.5. The van der Waals surface area contributed by atoms with E-state index in [1.54, 1.807) is 26.0 Å². The first-order chi connectivity index (χ1) is 16.5. The van der Waals surface area contributed by atoms with Crippen molar-refractivity contribution in [3.63, 3.8) is 0 Å². The highest BCUT2D eigenvalue weighted by Crippen LogP contribution is 2.28. The minimum absolute atomic E-state index is 0.0469. The maximum Gasteiger partial charge on any atom is 0.264 e. The van der Waals surface area contributed by atoms with Gasteiger partial charge in [0, 0.05) is 17.7 Å². The van der Waals surface area contributed by atoms with Crippen molar-refractivity contribution in [1.29, 1.82) is 0 Å². The maximum absolute atomic E-state index is 12.6. The van der Waals surface area contributed by atoms with Gasteiger partial charge < -0.3 is 14.6 Å². The molecular formula is C26H33N3O5S. The average molecular weight is 500 g/mol. The predicted octanol–water partition coefficient (Wildman–Crippen LogP) is 5.58. The standard InChI is InChI=1S/C26H33N3O5S/c1-6-26(4,5)20-9-13-22(14-10-20)33-17-7-8-24(30)27-21-11-15-23(16-12-21)35(31,32)29-25-18(2)19(3)28-34-25/h9-16,29H,6-8,17H2,1-5H3,(H,27,30). The lowest BCUT2D eigenvalue weighted by Crippen LogP contribution is -2.15. The van der Waals surface area contributed by atoms with Gasteiger partial charge in [-0.25, -0.2) is 13.1 Å². The summed E-state index contributed by atoms with van der Waals surface area (Å²) in [6.07, 6.45) is 1.90. The number of nitrogens with zero attached hydrogens (tertiary/aromatic N) is 1. The Balaban J connectivity index is 1.45. The molecule has 1 aromatic heterocycles. The zero-order chi connectivity index (χ0) is 25.6. The molecule has 0 spiro atoms. The van der Waals surface area contributed by atoms with Crippen LogP contribution in [0.5, 0.6) is 5.75 Å². The molecule has 9 heteroatoms. The van der Waals surface area contributed by atoms with Gasteiger partial charge in [-0.05, 0) is 74.1 Å². The molecule has 2 N–H and O–H groups in total. The van der Waals surface area contributed by atoms with Gasteiger partial charge in [0.1, 0.15) is 5.75 Å². The Morgan fingerprint density at radius 2 is 1.71 bits per heavy atom. The molecular weight excluding hydrogens is 466 g/mol. The van der Waals surface area contributed by atoms with Crippen molar-refractivity contribution in [3.8, 4) is 5.75 Å². The molecule has 0 aliphatic heterocycles. The smallest absolute Gasteiger partial charge is 0.264 e. The Morgan fingerprint density at radius 3 is 2.29 bits per heavy atom. The lowest BCUT2D eigenvalue weighted by Gasteiger charge is -2.23. The maximum atomic E-state index is 12.6. The topological polar surface area (TPSA) is 111 Å². The van der Waals surface area contributed by atoms with E-state index < -0.39 is 10.0 Å². The van der Waals surface area contributed by atoms with Gasteiger partial charge in [0.25, 0.3) is 10.0 Å². The first-order valence-corrected chi connectivity index (χ1v) is 13.1. The number of amides is 1. The van der Waals surface area contributed by atoms with Crippen LogP contribution < -0.4 is 14.8 Å². The molecule has 0 fully saturated rings. The molecule has 2 aromatic carbocycles. The Labute approximate surface area is 207 Å². The number of hydrogen-bond acceptors (Lipinski definition) is 6. The van der Waals surface area contributed by atoms with E-state index in [4.69, 9.17) is 9.26 Å². The number of nitrogens with one attached hydrogen (secondary N) is 2. The van der Waals surface area contributed by atoms with E-state index in [0.717, 1.165) is 12.2 Å². The minimum Gasteiger partial charge on any atom is -0.494 e. The number of carbonyl (C=O) groups excluding carboxylic acids is 1. The zero-order valence-electron chi connectivity index (χ0n) is 20.8. The number of rotatable bonds is 11.